The van der Waals surface area contributed by atoms with Crippen LogP contribution in [0.25, 0.3) is 11.0 Å². The third-order valence-corrected chi connectivity index (χ3v) is 8.25. The number of sulfonamides is 1. The number of benzene rings is 2. The summed E-state index contributed by atoms with van der Waals surface area (Å²) >= 11 is 0. The highest BCUT2D eigenvalue weighted by Crippen LogP contribution is 2.23. The Labute approximate surface area is 164 Å². The molecule has 1 saturated carbocycles. The maximum absolute atomic E-state index is 12.9. The number of hydrogen-bond donors (Lipinski definition) is 1. The zero-order chi connectivity index (χ0) is 19.8. The highest BCUT2D eigenvalue weighted by atomic mass is 32.2. The van der Waals surface area contributed by atoms with Crippen LogP contribution < -0.4 is 4.72 Å². The van der Waals surface area contributed by atoms with Gasteiger partial charge in [0.1, 0.15) is 6.33 Å². The molecule has 148 valence electrons. The van der Waals surface area contributed by atoms with Crippen molar-refractivity contribution in [2.45, 2.75) is 47.9 Å². The van der Waals surface area contributed by atoms with E-state index in [-0.39, 0.29) is 15.8 Å². The van der Waals surface area contributed by atoms with E-state index < -0.39 is 20.0 Å². The zero-order valence-corrected chi connectivity index (χ0v) is 16.8. The molecule has 0 atom stereocenters. The Morgan fingerprint density at radius 3 is 2.21 bits per heavy atom. The maximum Gasteiger partial charge on any atom is 0.269 e. The lowest BCUT2D eigenvalue weighted by Crippen LogP contribution is -2.36. The van der Waals surface area contributed by atoms with Gasteiger partial charge >= 0.3 is 0 Å². The van der Waals surface area contributed by atoms with Crippen molar-refractivity contribution in [3.8, 4) is 0 Å². The lowest BCUT2D eigenvalue weighted by molar-refractivity contribution is 0.412. The third kappa shape index (κ3) is 3.57. The molecule has 0 radical (unpaired) electrons. The number of hydrogen-bond acceptors (Lipinski definition) is 5. The molecule has 1 heterocycles. The molecule has 7 nitrogen and oxygen atoms in total. The van der Waals surface area contributed by atoms with E-state index in [4.69, 9.17) is 0 Å². The molecule has 2 aromatic carbocycles. The highest BCUT2D eigenvalue weighted by Gasteiger charge is 2.24. The van der Waals surface area contributed by atoms with Gasteiger partial charge in [0.15, 0.2) is 0 Å². The fraction of sp³-hybridized carbons (Fsp3) is 0.316. The van der Waals surface area contributed by atoms with Crippen LogP contribution in [0, 0.1) is 0 Å². The summed E-state index contributed by atoms with van der Waals surface area (Å²) in [4.78, 5) is 4.18. The zero-order valence-electron chi connectivity index (χ0n) is 15.2. The number of aromatic nitrogens is 2. The van der Waals surface area contributed by atoms with Crippen molar-refractivity contribution in [1.82, 2.24) is 13.7 Å². The molecule has 1 aromatic heterocycles. The number of imidazole rings is 1. The normalized spacial score (nSPS) is 16.4. The standard InChI is InChI=1S/C19H21N3O4S2/c23-27(24,21-15-6-2-1-3-7-15)16-10-12-17(13-11-16)28(25,26)22-14-20-18-8-4-5-9-19(18)22/h4-5,8-15,21H,1-3,6-7H2. The van der Waals surface area contributed by atoms with Crippen LogP contribution in [0.2, 0.25) is 0 Å². The second-order valence-electron chi connectivity index (χ2n) is 6.96. The summed E-state index contributed by atoms with van der Waals surface area (Å²) in [7, 11) is -7.55. The monoisotopic (exact) mass is 419 g/mol. The van der Waals surface area contributed by atoms with Crippen LogP contribution in [0.4, 0.5) is 0 Å². The van der Waals surface area contributed by atoms with Crippen molar-refractivity contribution in [1.29, 1.82) is 0 Å². The summed E-state index contributed by atoms with van der Waals surface area (Å²) in [5.74, 6) is 0. The second kappa shape index (κ2) is 7.31. The van der Waals surface area contributed by atoms with E-state index in [2.05, 4.69) is 9.71 Å². The number of rotatable bonds is 5. The molecule has 1 aliphatic rings. The molecule has 1 fully saturated rings. The van der Waals surface area contributed by atoms with Crippen LogP contribution in [0.5, 0.6) is 0 Å². The molecule has 28 heavy (non-hydrogen) atoms. The van der Waals surface area contributed by atoms with Crippen molar-refractivity contribution < 1.29 is 16.8 Å². The van der Waals surface area contributed by atoms with E-state index in [0.29, 0.717) is 11.0 Å². The minimum absolute atomic E-state index is 0.00673. The van der Waals surface area contributed by atoms with Gasteiger partial charge in [-0.1, -0.05) is 31.4 Å². The Balaban J connectivity index is 1.62. The lowest BCUT2D eigenvalue weighted by atomic mass is 9.96. The fourth-order valence-corrected chi connectivity index (χ4v) is 6.14. The van der Waals surface area contributed by atoms with E-state index >= 15 is 0 Å². The van der Waals surface area contributed by atoms with Crippen molar-refractivity contribution in [2.75, 3.05) is 0 Å². The maximum atomic E-state index is 12.9. The first-order valence-corrected chi connectivity index (χ1v) is 12.1. The second-order valence-corrected chi connectivity index (χ2v) is 10.5. The predicted molar refractivity (Wildman–Crippen MR) is 106 cm³/mol. The summed E-state index contributed by atoms with van der Waals surface area (Å²) in [6.07, 6.45) is 6.09. The number of para-hydroxylation sites is 2. The number of nitrogens with zero attached hydrogens (tertiary/aromatic N) is 2. The Morgan fingerprint density at radius 1 is 0.857 bits per heavy atom. The molecular weight excluding hydrogens is 398 g/mol. The molecular formula is C19H21N3O4S2. The molecule has 0 bridgehead atoms. The van der Waals surface area contributed by atoms with Crippen LogP contribution in [-0.2, 0) is 20.0 Å². The molecule has 1 aliphatic carbocycles. The van der Waals surface area contributed by atoms with E-state index in [1.807, 2.05) is 0 Å². The summed E-state index contributed by atoms with van der Waals surface area (Å²) < 4.78 is 54.9. The van der Waals surface area contributed by atoms with Gasteiger partial charge < -0.3 is 0 Å². The molecule has 4 rings (SSSR count). The van der Waals surface area contributed by atoms with E-state index in [0.717, 1.165) is 36.1 Å². The van der Waals surface area contributed by atoms with Crippen LogP contribution in [-0.4, -0.2) is 31.8 Å². The number of fused-ring (bicyclic) bond motifs is 1. The van der Waals surface area contributed by atoms with Crippen molar-refractivity contribution >= 4 is 31.1 Å². The Kier molecular flexibility index (Phi) is 4.98. The molecule has 0 unspecified atom stereocenters. The van der Waals surface area contributed by atoms with E-state index in [1.165, 1.54) is 30.6 Å². The minimum Gasteiger partial charge on any atom is -0.236 e. The van der Waals surface area contributed by atoms with Gasteiger partial charge in [-0.3, -0.25) is 0 Å². The van der Waals surface area contributed by atoms with E-state index in [1.54, 1.807) is 24.3 Å². The smallest absolute Gasteiger partial charge is 0.236 e. The summed E-state index contributed by atoms with van der Waals surface area (Å²) in [5.41, 5.74) is 1.04. The van der Waals surface area contributed by atoms with Gasteiger partial charge in [0.2, 0.25) is 10.0 Å². The van der Waals surface area contributed by atoms with Gasteiger partial charge in [0.05, 0.1) is 20.8 Å². The largest absolute Gasteiger partial charge is 0.269 e. The quantitative estimate of drug-likeness (QED) is 0.686. The van der Waals surface area contributed by atoms with Crippen LogP contribution >= 0.6 is 0 Å². The summed E-state index contributed by atoms with van der Waals surface area (Å²) in [5, 5.41) is 0. The molecule has 0 saturated heterocycles. The van der Waals surface area contributed by atoms with Crippen LogP contribution in [0.15, 0.2) is 64.6 Å². The first kappa shape index (κ1) is 19.1. The van der Waals surface area contributed by atoms with Crippen LogP contribution in [0.3, 0.4) is 0 Å². The molecule has 0 amide bonds. The Bertz CT molecular complexity index is 1190. The van der Waals surface area contributed by atoms with Crippen molar-refractivity contribution in [2.24, 2.45) is 0 Å². The molecule has 0 aliphatic heterocycles. The minimum atomic E-state index is -3.87. The van der Waals surface area contributed by atoms with Gasteiger partial charge in [-0.25, -0.2) is 30.5 Å². The van der Waals surface area contributed by atoms with Gasteiger partial charge in [0, 0.05) is 6.04 Å². The topological polar surface area (TPSA) is 98.1 Å². The molecule has 3 aromatic rings. The Morgan fingerprint density at radius 2 is 1.50 bits per heavy atom. The van der Waals surface area contributed by atoms with Gasteiger partial charge in [-0.05, 0) is 49.2 Å². The van der Waals surface area contributed by atoms with Crippen LogP contribution in [0.1, 0.15) is 32.1 Å². The van der Waals surface area contributed by atoms with Crippen molar-refractivity contribution in [3.05, 3.63) is 54.9 Å². The average Bonchev–Trinajstić information content (AvgIpc) is 3.13. The fourth-order valence-electron chi connectivity index (χ4n) is 3.54. The molecule has 0 spiro atoms. The molecule has 9 heteroatoms. The van der Waals surface area contributed by atoms with Gasteiger partial charge in [-0.15, -0.1) is 0 Å². The first-order valence-electron chi connectivity index (χ1n) is 9.18. The summed E-state index contributed by atoms with van der Waals surface area (Å²) in [6.45, 7) is 0. The first-order chi connectivity index (χ1) is 13.4. The van der Waals surface area contributed by atoms with Gasteiger partial charge in [0.25, 0.3) is 10.0 Å². The third-order valence-electron chi connectivity index (χ3n) is 5.04. The number of nitrogens with one attached hydrogen (secondary N) is 1. The predicted octanol–water partition coefficient (Wildman–Crippen LogP) is 2.88. The lowest BCUT2D eigenvalue weighted by Gasteiger charge is -2.22. The van der Waals surface area contributed by atoms with Gasteiger partial charge in [-0.2, -0.15) is 0 Å². The molecule has 1 N–H and O–H groups in total. The highest BCUT2D eigenvalue weighted by molar-refractivity contribution is 7.90. The van der Waals surface area contributed by atoms with Crippen molar-refractivity contribution in [3.63, 3.8) is 0 Å². The SMILES string of the molecule is O=S(=O)(NC1CCCCC1)c1ccc(S(=O)(=O)n2cnc3ccccc32)cc1. The summed E-state index contributed by atoms with van der Waals surface area (Å²) in [6, 6.07) is 12.2. The Hall–Kier alpha value is -2.23. The average molecular weight is 420 g/mol. The van der Waals surface area contributed by atoms with E-state index in [9.17, 15) is 16.8 Å².